The molecular weight excluding hydrogens is 287 g/mol. The third kappa shape index (κ3) is 2.47. The highest BCUT2D eigenvalue weighted by Crippen LogP contribution is 2.47. The number of halogens is 1. The summed E-state index contributed by atoms with van der Waals surface area (Å²) in [5.74, 6) is -1.02. The van der Waals surface area contributed by atoms with Crippen LogP contribution in [0.4, 0.5) is 10.1 Å². The molecule has 2 aliphatic rings. The van der Waals surface area contributed by atoms with Gasteiger partial charge in [-0.1, -0.05) is 0 Å². The molecule has 6 heteroatoms. The third-order valence-electron chi connectivity index (χ3n) is 4.93. The van der Waals surface area contributed by atoms with E-state index in [1.807, 2.05) is 0 Å². The molecule has 3 N–H and O–H groups in total. The van der Waals surface area contributed by atoms with Gasteiger partial charge in [0.15, 0.2) is 0 Å². The summed E-state index contributed by atoms with van der Waals surface area (Å²) >= 11 is 0. The number of carbonyl (C=O) groups is 2. The number of hydrogen-bond donors (Lipinski definition) is 2. The Morgan fingerprint density at radius 3 is 2.68 bits per heavy atom. The summed E-state index contributed by atoms with van der Waals surface area (Å²) in [5, 5.41) is 2.59. The molecule has 2 aliphatic carbocycles. The van der Waals surface area contributed by atoms with Gasteiger partial charge in [0.2, 0.25) is 5.91 Å². The average Bonchev–Trinajstić information content (AvgIpc) is 3.09. The zero-order valence-electron chi connectivity index (χ0n) is 12.3. The number of hydrogen-bond acceptors (Lipinski definition) is 4. The molecular formula is C16H19FN2O3. The normalized spacial score (nSPS) is 29.4. The lowest BCUT2D eigenvalue weighted by atomic mass is 9.84. The summed E-state index contributed by atoms with van der Waals surface area (Å²) in [6, 6.07) is 3.59. The molecule has 0 saturated heterocycles. The summed E-state index contributed by atoms with van der Waals surface area (Å²) in [4.78, 5) is 23.9. The van der Waals surface area contributed by atoms with E-state index >= 15 is 0 Å². The van der Waals surface area contributed by atoms with Crippen molar-refractivity contribution in [2.75, 3.05) is 12.4 Å². The molecule has 5 nitrogen and oxygen atoms in total. The van der Waals surface area contributed by atoms with E-state index in [2.05, 4.69) is 10.1 Å². The van der Waals surface area contributed by atoms with Gasteiger partial charge in [0, 0.05) is 6.04 Å². The standard InChI is InChI=1S/C16H19FN2O3/c1-22-16(21)10-4-5-11(17)12(7-10)19-15(20)13-8-2-3-9(6-8)14(13)18/h4-5,7-9,13-14H,2-3,6,18H2,1H3,(H,19,20). The number of anilines is 1. The Bertz CT molecular complexity index is 617. The van der Waals surface area contributed by atoms with E-state index in [0.29, 0.717) is 5.92 Å². The molecule has 22 heavy (non-hydrogen) atoms. The van der Waals surface area contributed by atoms with Crippen LogP contribution in [-0.2, 0) is 9.53 Å². The molecule has 0 aliphatic heterocycles. The number of esters is 1. The number of amides is 1. The molecule has 0 heterocycles. The molecule has 0 spiro atoms. The van der Waals surface area contributed by atoms with E-state index in [1.54, 1.807) is 0 Å². The molecule has 2 bridgehead atoms. The zero-order chi connectivity index (χ0) is 15.9. The first-order chi connectivity index (χ1) is 10.5. The first kappa shape index (κ1) is 15.0. The number of ether oxygens (including phenoxy) is 1. The van der Waals surface area contributed by atoms with Gasteiger partial charge in [-0.25, -0.2) is 9.18 Å². The van der Waals surface area contributed by atoms with E-state index in [9.17, 15) is 14.0 Å². The van der Waals surface area contributed by atoms with Crippen molar-refractivity contribution in [2.45, 2.75) is 25.3 Å². The van der Waals surface area contributed by atoms with E-state index in [0.717, 1.165) is 25.3 Å². The summed E-state index contributed by atoms with van der Waals surface area (Å²) in [7, 11) is 1.25. The Labute approximate surface area is 128 Å². The van der Waals surface area contributed by atoms with Gasteiger partial charge < -0.3 is 15.8 Å². The van der Waals surface area contributed by atoms with Crippen molar-refractivity contribution in [1.29, 1.82) is 0 Å². The van der Waals surface area contributed by atoms with Gasteiger partial charge in [0.1, 0.15) is 5.82 Å². The molecule has 4 unspecified atom stereocenters. The average molecular weight is 306 g/mol. The molecule has 2 fully saturated rings. The number of carbonyl (C=O) groups excluding carboxylic acids is 2. The van der Waals surface area contributed by atoms with Gasteiger partial charge in [-0.15, -0.1) is 0 Å². The largest absolute Gasteiger partial charge is 0.465 e. The molecule has 0 radical (unpaired) electrons. The fourth-order valence-corrected chi connectivity index (χ4v) is 3.81. The van der Waals surface area contributed by atoms with Gasteiger partial charge in [0.25, 0.3) is 0 Å². The zero-order valence-corrected chi connectivity index (χ0v) is 12.3. The van der Waals surface area contributed by atoms with Crippen LogP contribution in [0.1, 0.15) is 29.6 Å². The number of rotatable bonds is 3. The van der Waals surface area contributed by atoms with Crippen molar-refractivity contribution < 1.29 is 18.7 Å². The number of benzene rings is 1. The van der Waals surface area contributed by atoms with Crippen LogP contribution in [0.25, 0.3) is 0 Å². The fraction of sp³-hybridized carbons (Fsp3) is 0.500. The molecule has 1 amide bonds. The molecule has 4 atom stereocenters. The first-order valence-electron chi connectivity index (χ1n) is 7.45. The lowest BCUT2D eigenvalue weighted by Crippen LogP contribution is -2.42. The Hall–Kier alpha value is -1.95. The number of nitrogens with one attached hydrogen (secondary N) is 1. The highest BCUT2D eigenvalue weighted by atomic mass is 19.1. The Morgan fingerprint density at radius 2 is 2.05 bits per heavy atom. The van der Waals surface area contributed by atoms with Crippen LogP contribution in [0.5, 0.6) is 0 Å². The molecule has 118 valence electrons. The smallest absolute Gasteiger partial charge is 0.337 e. The number of nitrogens with two attached hydrogens (primary N) is 1. The van der Waals surface area contributed by atoms with Crippen molar-refractivity contribution in [2.24, 2.45) is 23.5 Å². The number of methoxy groups -OCH3 is 1. The predicted molar refractivity (Wildman–Crippen MR) is 78.7 cm³/mol. The van der Waals surface area contributed by atoms with Crippen molar-refractivity contribution >= 4 is 17.6 Å². The Kier molecular flexibility index (Phi) is 3.87. The minimum Gasteiger partial charge on any atom is -0.465 e. The minimum absolute atomic E-state index is 0.0112. The monoisotopic (exact) mass is 306 g/mol. The van der Waals surface area contributed by atoms with E-state index in [1.165, 1.54) is 19.2 Å². The van der Waals surface area contributed by atoms with Crippen LogP contribution < -0.4 is 11.1 Å². The maximum atomic E-state index is 13.9. The van der Waals surface area contributed by atoms with E-state index in [-0.39, 0.29) is 35.0 Å². The topological polar surface area (TPSA) is 81.4 Å². The summed E-state index contributed by atoms with van der Waals surface area (Å²) in [6.45, 7) is 0. The van der Waals surface area contributed by atoms with Crippen LogP contribution in [0.2, 0.25) is 0 Å². The lowest BCUT2D eigenvalue weighted by Gasteiger charge is -2.27. The lowest BCUT2D eigenvalue weighted by molar-refractivity contribution is -0.121. The van der Waals surface area contributed by atoms with Crippen molar-refractivity contribution in [3.05, 3.63) is 29.6 Å². The van der Waals surface area contributed by atoms with Crippen LogP contribution in [0.15, 0.2) is 18.2 Å². The summed E-state index contributed by atoms with van der Waals surface area (Å²) < 4.78 is 18.5. The molecule has 0 aromatic heterocycles. The number of fused-ring (bicyclic) bond motifs is 2. The van der Waals surface area contributed by atoms with Crippen LogP contribution in [-0.4, -0.2) is 25.0 Å². The second kappa shape index (κ2) is 5.68. The Morgan fingerprint density at radius 1 is 1.32 bits per heavy atom. The van der Waals surface area contributed by atoms with E-state index < -0.39 is 11.8 Å². The molecule has 3 rings (SSSR count). The second-order valence-corrected chi connectivity index (χ2v) is 6.11. The van der Waals surface area contributed by atoms with E-state index in [4.69, 9.17) is 5.73 Å². The van der Waals surface area contributed by atoms with Crippen LogP contribution >= 0.6 is 0 Å². The predicted octanol–water partition coefficient (Wildman–Crippen LogP) is 1.92. The fourth-order valence-electron chi connectivity index (χ4n) is 3.81. The molecule has 1 aromatic carbocycles. The second-order valence-electron chi connectivity index (χ2n) is 6.11. The van der Waals surface area contributed by atoms with Crippen LogP contribution in [0, 0.1) is 23.6 Å². The van der Waals surface area contributed by atoms with Crippen LogP contribution in [0.3, 0.4) is 0 Å². The summed E-state index contributed by atoms with van der Waals surface area (Å²) in [6.07, 6.45) is 3.05. The van der Waals surface area contributed by atoms with Gasteiger partial charge >= 0.3 is 5.97 Å². The highest BCUT2D eigenvalue weighted by Gasteiger charge is 2.49. The summed E-state index contributed by atoms with van der Waals surface area (Å²) in [5.41, 5.74) is 6.31. The SMILES string of the molecule is COC(=O)c1ccc(F)c(NC(=O)C2C3CCC(C3)C2N)c1. The first-order valence-corrected chi connectivity index (χ1v) is 7.45. The quantitative estimate of drug-likeness (QED) is 0.836. The highest BCUT2D eigenvalue weighted by molar-refractivity contribution is 5.96. The van der Waals surface area contributed by atoms with Gasteiger partial charge in [-0.3, -0.25) is 4.79 Å². The Balaban J connectivity index is 1.78. The minimum atomic E-state index is -0.585. The molecule has 2 saturated carbocycles. The van der Waals surface area contributed by atoms with Crippen molar-refractivity contribution in [3.63, 3.8) is 0 Å². The van der Waals surface area contributed by atoms with Crippen molar-refractivity contribution in [1.82, 2.24) is 0 Å². The molecule has 1 aromatic rings. The maximum Gasteiger partial charge on any atom is 0.337 e. The van der Waals surface area contributed by atoms with Crippen molar-refractivity contribution in [3.8, 4) is 0 Å². The third-order valence-corrected chi connectivity index (χ3v) is 4.93. The maximum absolute atomic E-state index is 13.9. The van der Waals surface area contributed by atoms with Gasteiger partial charge in [-0.05, 0) is 49.3 Å². The van der Waals surface area contributed by atoms with Gasteiger partial charge in [0.05, 0.1) is 24.3 Å². The van der Waals surface area contributed by atoms with Gasteiger partial charge in [-0.2, -0.15) is 0 Å².